The molecule has 3 rings (SSSR count). The maximum atomic E-state index is 12.5. The maximum absolute atomic E-state index is 12.5. The molecule has 1 N–H and O–H groups in total. The van der Waals surface area contributed by atoms with Crippen LogP contribution in [-0.2, 0) is 14.3 Å². The largest absolute Gasteiger partial charge is 0.469 e. The van der Waals surface area contributed by atoms with Gasteiger partial charge in [-0.1, -0.05) is 44.2 Å². The van der Waals surface area contributed by atoms with Crippen molar-refractivity contribution in [2.75, 3.05) is 13.9 Å². The molecule has 1 aliphatic rings. The average molecular weight is 395 g/mol. The van der Waals surface area contributed by atoms with Crippen LogP contribution in [0.5, 0.6) is 11.5 Å². The van der Waals surface area contributed by atoms with Crippen LogP contribution in [0.3, 0.4) is 0 Å². The number of esters is 1. The molecule has 0 bridgehead atoms. The zero-order valence-electron chi connectivity index (χ0n) is 16.8. The Morgan fingerprint density at radius 1 is 1.07 bits per heavy atom. The molecule has 6 nitrogen and oxygen atoms in total. The summed E-state index contributed by atoms with van der Waals surface area (Å²) < 4.78 is 15.4. The Bertz CT molecular complexity index is 902. The number of rotatable bonds is 7. The van der Waals surface area contributed by atoms with Crippen molar-refractivity contribution >= 4 is 18.0 Å². The van der Waals surface area contributed by atoms with Crippen LogP contribution < -0.4 is 14.8 Å². The molecular formula is C23H25NO5. The van der Waals surface area contributed by atoms with Gasteiger partial charge in [0.1, 0.15) is 0 Å². The number of hydrogen-bond acceptors (Lipinski definition) is 5. The number of methoxy groups -OCH3 is 1. The molecule has 2 aromatic rings. The van der Waals surface area contributed by atoms with Crippen molar-refractivity contribution in [1.29, 1.82) is 0 Å². The van der Waals surface area contributed by atoms with E-state index in [9.17, 15) is 9.59 Å². The van der Waals surface area contributed by atoms with Crippen molar-refractivity contribution in [3.05, 3.63) is 65.2 Å². The molecule has 1 heterocycles. The van der Waals surface area contributed by atoms with Gasteiger partial charge in [-0.3, -0.25) is 9.59 Å². The van der Waals surface area contributed by atoms with Crippen LogP contribution >= 0.6 is 0 Å². The van der Waals surface area contributed by atoms with E-state index in [1.165, 1.54) is 18.7 Å². The Kier molecular flexibility index (Phi) is 6.54. The summed E-state index contributed by atoms with van der Waals surface area (Å²) in [6.45, 7) is 4.43. The third-order valence-corrected chi connectivity index (χ3v) is 4.74. The lowest BCUT2D eigenvalue weighted by Gasteiger charge is -2.18. The number of fused-ring (bicyclic) bond motifs is 1. The fraction of sp³-hybridized carbons (Fsp3) is 0.304. The van der Waals surface area contributed by atoms with Crippen molar-refractivity contribution in [2.24, 2.45) is 0 Å². The van der Waals surface area contributed by atoms with E-state index < -0.39 is 6.04 Å². The van der Waals surface area contributed by atoms with Gasteiger partial charge in [-0.05, 0) is 40.8 Å². The highest BCUT2D eigenvalue weighted by Crippen LogP contribution is 2.32. The van der Waals surface area contributed by atoms with E-state index in [0.29, 0.717) is 17.4 Å². The summed E-state index contributed by atoms with van der Waals surface area (Å²) in [5.41, 5.74) is 2.86. The van der Waals surface area contributed by atoms with E-state index in [0.717, 1.165) is 11.1 Å². The van der Waals surface area contributed by atoms with Gasteiger partial charge in [0, 0.05) is 6.08 Å². The lowest BCUT2D eigenvalue weighted by atomic mass is 9.97. The highest BCUT2D eigenvalue weighted by Gasteiger charge is 2.18. The number of carbonyl (C=O) groups is 2. The fourth-order valence-corrected chi connectivity index (χ4v) is 3.02. The second-order valence-electron chi connectivity index (χ2n) is 7.11. The number of hydrogen-bond donors (Lipinski definition) is 1. The molecule has 0 radical (unpaired) electrons. The number of benzene rings is 2. The highest BCUT2D eigenvalue weighted by atomic mass is 16.7. The van der Waals surface area contributed by atoms with Gasteiger partial charge in [0.05, 0.1) is 19.6 Å². The minimum atomic E-state index is -0.474. The summed E-state index contributed by atoms with van der Waals surface area (Å²) in [4.78, 5) is 24.3. The third-order valence-electron chi connectivity index (χ3n) is 4.74. The quantitative estimate of drug-likeness (QED) is 0.567. The van der Waals surface area contributed by atoms with Crippen molar-refractivity contribution in [3.8, 4) is 11.5 Å². The lowest BCUT2D eigenvalue weighted by molar-refractivity contribution is -0.141. The molecule has 1 unspecified atom stereocenters. The summed E-state index contributed by atoms with van der Waals surface area (Å²) >= 11 is 0. The highest BCUT2D eigenvalue weighted by molar-refractivity contribution is 5.92. The molecular weight excluding hydrogens is 370 g/mol. The minimum absolute atomic E-state index is 0.0567. The van der Waals surface area contributed by atoms with Crippen molar-refractivity contribution in [2.45, 2.75) is 32.2 Å². The number of nitrogens with one attached hydrogen (secondary N) is 1. The fourth-order valence-electron chi connectivity index (χ4n) is 3.02. The second kappa shape index (κ2) is 9.28. The second-order valence-corrected chi connectivity index (χ2v) is 7.11. The van der Waals surface area contributed by atoms with Gasteiger partial charge in [-0.25, -0.2) is 0 Å². The molecule has 0 saturated carbocycles. The molecule has 0 aliphatic carbocycles. The Balaban J connectivity index is 1.71. The summed E-state index contributed by atoms with van der Waals surface area (Å²) in [5.74, 6) is 1.06. The first-order valence-electron chi connectivity index (χ1n) is 9.51. The number of carbonyl (C=O) groups excluding carboxylic acids is 2. The maximum Gasteiger partial charge on any atom is 0.307 e. The summed E-state index contributed by atoms with van der Waals surface area (Å²) in [5, 5.41) is 2.89. The van der Waals surface area contributed by atoms with Gasteiger partial charge in [-0.15, -0.1) is 0 Å². The summed E-state index contributed by atoms with van der Waals surface area (Å²) in [6.07, 6.45) is 3.18. The Morgan fingerprint density at radius 2 is 1.76 bits per heavy atom. The molecule has 29 heavy (non-hydrogen) atoms. The zero-order valence-corrected chi connectivity index (χ0v) is 16.8. The molecule has 152 valence electrons. The minimum Gasteiger partial charge on any atom is -0.469 e. The van der Waals surface area contributed by atoms with Crippen LogP contribution in [-0.4, -0.2) is 25.8 Å². The topological polar surface area (TPSA) is 73.9 Å². The van der Waals surface area contributed by atoms with Crippen molar-refractivity contribution in [1.82, 2.24) is 5.32 Å². The zero-order chi connectivity index (χ0) is 20.8. The van der Waals surface area contributed by atoms with Gasteiger partial charge in [-0.2, -0.15) is 0 Å². The average Bonchev–Trinajstić information content (AvgIpc) is 3.19. The van der Waals surface area contributed by atoms with E-state index in [1.54, 1.807) is 12.1 Å². The van der Waals surface area contributed by atoms with Crippen LogP contribution in [0.15, 0.2) is 48.5 Å². The first-order valence-corrected chi connectivity index (χ1v) is 9.51. The molecule has 0 fully saturated rings. The molecule has 0 spiro atoms. The first kappa shape index (κ1) is 20.5. The monoisotopic (exact) mass is 395 g/mol. The molecule has 1 aliphatic heterocycles. The lowest BCUT2D eigenvalue weighted by Crippen LogP contribution is -2.29. The first-order chi connectivity index (χ1) is 14.0. The van der Waals surface area contributed by atoms with E-state index >= 15 is 0 Å². The molecule has 1 amide bonds. The summed E-state index contributed by atoms with van der Waals surface area (Å²) in [6, 6.07) is 12.9. The molecule has 1 atom stereocenters. The number of ether oxygens (including phenoxy) is 3. The van der Waals surface area contributed by atoms with Gasteiger partial charge in [0.25, 0.3) is 0 Å². The standard InChI is InChI=1S/C23H25NO5/c1-15(2)17-6-8-18(9-7-17)19(13-23(26)27-3)24-22(25)11-5-16-4-10-20-21(12-16)29-14-28-20/h4-12,15,19H,13-14H2,1-3H3,(H,24,25). The van der Waals surface area contributed by atoms with E-state index in [1.807, 2.05) is 36.4 Å². The molecule has 2 aromatic carbocycles. The van der Waals surface area contributed by atoms with E-state index in [2.05, 4.69) is 19.2 Å². The predicted molar refractivity (Wildman–Crippen MR) is 110 cm³/mol. The normalized spacial score (nSPS) is 13.5. The van der Waals surface area contributed by atoms with E-state index in [4.69, 9.17) is 14.2 Å². The van der Waals surface area contributed by atoms with Crippen LogP contribution in [0.2, 0.25) is 0 Å². The molecule has 0 aromatic heterocycles. The van der Waals surface area contributed by atoms with Gasteiger partial charge < -0.3 is 19.5 Å². The van der Waals surface area contributed by atoms with Crippen LogP contribution in [0.25, 0.3) is 6.08 Å². The SMILES string of the molecule is COC(=O)CC(NC(=O)C=Cc1ccc2c(c1)OCO2)c1ccc(C(C)C)cc1. The van der Waals surface area contributed by atoms with Gasteiger partial charge in [0.2, 0.25) is 12.7 Å². The Hall–Kier alpha value is -3.28. The third kappa shape index (κ3) is 5.38. The van der Waals surface area contributed by atoms with Gasteiger partial charge in [0.15, 0.2) is 11.5 Å². The van der Waals surface area contributed by atoms with E-state index in [-0.39, 0.29) is 25.1 Å². The summed E-state index contributed by atoms with van der Waals surface area (Å²) in [7, 11) is 1.34. The molecule has 6 heteroatoms. The van der Waals surface area contributed by atoms with Crippen LogP contribution in [0, 0.1) is 0 Å². The predicted octanol–water partition coefficient (Wildman–Crippen LogP) is 3.97. The number of amides is 1. The van der Waals surface area contributed by atoms with Crippen LogP contribution in [0.1, 0.15) is 48.9 Å². The molecule has 0 saturated heterocycles. The van der Waals surface area contributed by atoms with Crippen molar-refractivity contribution in [3.63, 3.8) is 0 Å². The van der Waals surface area contributed by atoms with Crippen LogP contribution in [0.4, 0.5) is 0 Å². The van der Waals surface area contributed by atoms with Crippen molar-refractivity contribution < 1.29 is 23.8 Å². The van der Waals surface area contributed by atoms with Gasteiger partial charge >= 0.3 is 5.97 Å². The smallest absolute Gasteiger partial charge is 0.307 e. The Morgan fingerprint density at radius 3 is 2.45 bits per heavy atom. The Labute approximate surface area is 170 Å².